The van der Waals surface area contributed by atoms with Crippen molar-refractivity contribution in [2.75, 3.05) is 11.5 Å². The number of nitrogens with zero attached hydrogens (tertiary/aromatic N) is 2. The first-order valence-electron chi connectivity index (χ1n) is 6.59. The molecule has 1 aliphatic carbocycles. The van der Waals surface area contributed by atoms with Gasteiger partial charge in [-0.2, -0.15) is 5.10 Å². The lowest BCUT2D eigenvalue weighted by atomic mass is 10.1. The predicted octanol–water partition coefficient (Wildman–Crippen LogP) is 0.969. The summed E-state index contributed by atoms with van der Waals surface area (Å²) in [5, 5.41) is 4.41. The van der Waals surface area contributed by atoms with Crippen LogP contribution < -0.4 is 5.73 Å². The van der Waals surface area contributed by atoms with Crippen molar-refractivity contribution in [3.63, 3.8) is 0 Å². The maximum atomic E-state index is 11.6. The molecule has 0 saturated carbocycles. The fourth-order valence-corrected chi connectivity index (χ4v) is 4.76. The largest absolute Gasteiger partial charge is 0.324 e. The maximum absolute atomic E-state index is 11.6. The number of nitrogens with two attached hydrogens (primary N) is 1. The molecule has 0 radical (unpaired) electrons. The molecule has 1 saturated heterocycles. The molecule has 0 amide bonds. The van der Waals surface area contributed by atoms with Gasteiger partial charge in [0.15, 0.2) is 9.84 Å². The summed E-state index contributed by atoms with van der Waals surface area (Å²) in [4.78, 5) is 0. The standard InChI is InChI=1S/C12H19N3O2S/c13-11-3-1-2-4-12-10(11)7-14-15(12)9-5-6-18(16,17)8-9/h7,9,11H,1-6,8,13H2. The van der Waals surface area contributed by atoms with Crippen molar-refractivity contribution < 1.29 is 8.42 Å². The quantitative estimate of drug-likeness (QED) is 0.771. The smallest absolute Gasteiger partial charge is 0.152 e. The highest BCUT2D eigenvalue weighted by atomic mass is 32.2. The lowest BCUT2D eigenvalue weighted by Crippen LogP contribution is -2.16. The van der Waals surface area contributed by atoms with Crippen LogP contribution in [0.5, 0.6) is 0 Å². The van der Waals surface area contributed by atoms with E-state index in [9.17, 15) is 8.42 Å². The Morgan fingerprint density at radius 3 is 2.89 bits per heavy atom. The van der Waals surface area contributed by atoms with Crippen LogP contribution in [-0.4, -0.2) is 29.7 Å². The SMILES string of the molecule is NC1CCCCc2c1cnn2C1CCS(=O)(=O)C1. The minimum atomic E-state index is -2.86. The highest BCUT2D eigenvalue weighted by molar-refractivity contribution is 7.91. The summed E-state index contributed by atoms with van der Waals surface area (Å²) in [6, 6.07) is 0.0818. The minimum absolute atomic E-state index is 0.0176. The summed E-state index contributed by atoms with van der Waals surface area (Å²) in [7, 11) is -2.86. The molecular weight excluding hydrogens is 250 g/mol. The van der Waals surface area contributed by atoms with Crippen LogP contribution in [0.3, 0.4) is 0 Å². The summed E-state index contributed by atoms with van der Waals surface area (Å²) in [5.41, 5.74) is 8.43. The van der Waals surface area contributed by atoms with Gasteiger partial charge in [0.1, 0.15) is 0 Å². The van der Waals surface area contributed by atoms with Crippen LogP contribution in [0.15, 0.2) is 6.20 Å². The van der Waals surface area contributed by atoms with Crippen LogP contribution in [-0.2, 0) is 16.3 Å². The van der Waals surface area contributed by atoms with Crippen LogP contribution in [0.2, 0.25) is 0 Å². The Morgan fingerprint density at radius 1 is 1.33 bits per heavy atom. The van der Waals surface area contributed by atoms with E-state index in [4.69, 9.17) is 5.73 Å². The van der Waals surface area contributed by atoms with E-state index in [0.29, 0.717) is 12.2 Å². The van der Waals surface area contributed by atoms with Gasteiger partial charge in [0.05, 0.1) is 23.7 Å². The number of rotatable bonds is 1. The molecule has 1 fully saturated rings. The van der Waals surface area contributed by atoms with Crippen LogP contribution >= 0.6 is 0 Å². The molecule has 2 heterocycles. The lowest BCUT2D eigenvalue weighted by Gasteiger charge is -2.14. The van der Waals surface area contributed by atoms with E-state index in [-0.39, 0.29) is 17.8 Å². The normalized spacial score (nSPS) is 30.9. The molecule has 0 bridgehead atoms. The van der Waals surface area contributed by atoms with Crippen molar-refractivity contribution in [1.82, 2.24) is 9.78 Å². The summed E-state index contributed by atoms with van der Waals surface area (Å²) < 4.78 is 25.1. The fraction of sp³-hybridized carbons (Fsp3) is 0.750. The van der Waals surface area contributed by atoms with E-state index in [1.54, 1.807) is 0 Å². The monoisotopic (exact) mass is 269 g/mol. The average molecular weight is 269 g/mol. The third-order valence-corrected chi connectivity index (χ3v) is 5.81. The van der Waals surface area contributed by atoms with Crippen LogP contribution in [0.25, 0.3) is 0 Å². The zero-order chi connectivity index (χ0) is 12.8. The Bertz CT molecular complexity index is 550. The summed E-state index contributed by atoms with van der Waals surface area (Å²) in [6.07, 6.45) is 6.76. The molecule has 5 nitrogen and oxygen atoms in total. The lowest BCUT2D eigenvalue weighted by molar-refractivity contribution is 0.477. The van der Waals surface area contributed by atoms with Gasteiger partial charge >= 0.3 is 0 Å². The van der Waals surface area contributed by atoms with E-state index in [0.717, 1.165) is 31.2 Å². The van der Waals surface area contributed by atoms with Gasteiger partial charge < -0.3 is 5.73 Å². The van der Waals surface area contributed by atoms with Crippen LogP contribution in [0.1, 0.15) is 49.0 Å². The molecule has 3 rings (SSSR count). The predicted molar refractivity (Wildman–Crippen MR) is 69.0 cm³/mol. The zero-order valence-electron chi connectivity index (χ0n) is 10.4. The molecule has 2 aliphatic rings. The number of hydrogen-bond donors (Lipinski definition) is 1. The maximum Gasteiger partial charge on any atom is 0.152 e. The Balaban J connectivity index is 1.95. The van der Waals surface area contributed by atoms with Gasteiger partial charge in [-0.25, -0.2) is 8.42 Å². The van der Waals surface area contributed by atoms with Crippen molar-refractivity contribution in [2.24, 2.45) is 5.73 Å². The Morgan fingerprint density at radius 2 is 2.17 bits per heavy atom. The highest BCUT2D eigenvalue weighted by Crippen LogP contribution is 2.31. The third kappa shape index (κ3) is 2.07. The molecule has 2 atom stereocenters. The van der Waals surface area contributed by atoms with Crippen molar-refractivity contribution >= 4 is 9.84 Å². The number of sulfone groups is 1. The Labute approximate surface area is 107 Å². The van der Waals surface area contributed by atoms with E-state index >= 15 is 0 Å². The van der Waals surface area contributed by atoms with Gasteiger partial charge in [0, 0.05) is 17.3 Å². The summed E-state index contributed by atoms with van der Waals surface area (Å²) in [5.74, 6) is 0.523. The highest BCUT2D eigenvalue weighted by Gasteiger charge is 2.32. The van der Waals surface area contributed by atoms with Crippen molar-refractivity contribution in [1.29, 1.82) is 0 Å². The molecule has 1 aromatic rings. The van der Waals surface area contributed by atoms with Crippen LogP contribution in [0.4, 0.5) is 0 Å². The third-order valence-electron chi connectivity index (χ3n) is 4.06. The van der Waals surface area contributed by atoms with Crippen molar-refractivity contribution in [3.05, 3.63) is 17.5 Å². The van der Waals surface area contributed by atoms with E-state index in [1.807, 2.05) is 10.9 Å². The van der Waals surface area contributed by atoms with Gasteiger partial charge in [-0.15, -0.1) is 0 Å². The van der Waals surface area contributed by atoms with Crippen LogP contribution in [0, 0.1) is 0 Å². The topological polar surface area (TPSA) is 78.0 Å². The van der Waals surface area contributed by atoms with Crippen molar-refractivity contribution in [3.8, 4) is 0 Å². The molecule has 2 N–H and O–H groups in total. The minimum Gasteiger partial charge on any atom is -0.324 e. The van der Waals surface area contributed by atoms with Gasteiger partial charge in [-0.1, -0.05) is 6.42 Å². The first-order chi connectivity index (χ1) is 8.57. The fourth-order valence-electron chi connectivity index (χ4n) is 3.06. The zero-order valence-corrected chi connectivity index (χ0v) is 11.2. The second-order valence-electron chi connectivity index (χ2n) is 5.40. The van der Waals surface area contributed by atoms with Gasteiger partial charge in [-0.05, 0) is 25.7 Å². The molecular formula is C12H19N3O2S. The Hall–Kier alpha value is -0.880. The molecule has 6 heteroatoms. The van der Waals surface area contributed by atoms with E-state index < -0.39 is 9.84 Å². The molecule has 0 spiro atoms. The molecule has 100 valence electrons. The molecule has 0 aromatic carbocycles. The number of aromatic nitrogens is 2. The second-order valence-corrected chi connectivity index (χ2v) is 7.63. The van der Waals surface area contributed by atoms with E-state index in [1.165, 1.54) is 5.69 Å². The van der Waals surface area contributed by atoms with Gasteiger partial charge in [0.25, 0.3) is 0 Å². The first-order valence-corrected chi connectivity index (χ1v) is 8.41. The first kappa shape index (κ1) is 12.2. The molecule has 1 aromatic heterocycles. The van der Waals surface area contributed by atoms with Gasteiger partial charge in [0.2, 0.25) is 0 Å². The molecule has 18 heavy (non-hydrogen) atoms. The molecule has 1 aliphatic heterocycles. The number of fused-ring (bicyclic) bond motifs is 1. The second kappa shape index (κ2) is 4.35. The van der Waals surface area contributed by atoms with Crippen molar-refractivity contribution in [2.45, 2.75) is 44.2 Å². The number of hydrogen-bond acceptors (Lipinski definition) is 4. The summed E-state index contributed by atoms with van der Waals surface area (Å²) in [6.45, 7) is 0. The molecule has 2 unspecified atom stereocenters. The van der Waals surface area contributed by atoms with Gasteiger partial charge in [-0.3, -0.25) is 4.68 Å². The average Bonchev–Trinajstić information content (AvgIpc) is 2.82. The Kier molecular flexibility index (Phi) is 2.94. The summed E-state index contributed by atoms with van der Waals surface area (Å²) >= 11 is 0. The van der Waals surface area contributed by atoms with E-state index in [2.05, 4.69) is 5.10 Å².